The van der Waals surface area contributed by atoms with E-state index in [2.05, 4.69) is 5.32 Å². The van der Waals surface area contributed by atoms with Crippen LogP contribution >= 0.6 is 23.2 Å². The SMILES string of the molecule is C[C@H](NC(=O)C(C)(C)COc1cc(Cl)cc(Cl)c1)C(N)=O. The summed E-state index contributed by atoms with van der Waals surface area (Å²) < 4.78 is 5.55. The van der Waals surface area contributed by atoms with Gasteiger partial charge < -0.3 is 15.8 Å². The third kappa shape index (κ3) is 5.44. The van der Waals surface area contributed by atoms with Gasteiger partial charge in [-0.3, -0.25) is 9.59 Å². The summed E-state index contributed by atoms with van der Waals surface area (Å²) in [5, 5.41) is 3.43. The lowest BCUT2D eigenvalue weighted by Crippen LogP contribution is -2.49. The fraction of sp³-hybridized carbons (Fsp3) is 0.429. The average Bonchev–Trinajstić information content (AvgIpc) is 2.35. The van der Waals surface area contributed by atoms with Crippen LogP contribution < -0.4 is 15.8 Å². The summed E-state index contributed by atoms with van der Waals surface area (Å²) in [4.78, 5) is 23.0. The van der Waals surface area contributed by atoms with Crippen molar-refractivity contribution in [2.24, 2.45) is 11.1 Å². The summed E-state index contributed by atoms with van der Waals surface area (Å²) in [6.07, 6.45) is 0. The van der Waals surface area contributed by atoms with Crippen molar-refractivity contribution in [3.63, 3.8) is 0 Å². The molecule has 7 heteroatoms. The second-order valence-electron chi connectivity index (χ2n) is 5.38. The third-order valence-corrected chi connectivity index (χ3v) is 3.26. The molecule has 1 aromatic rings. The van der Waals surface area contributed by atoms with Crippen LogP contribution in [0.15, 0.2) is 18.2 Å². The van der Waals surface area contributed by atoms with Crippen LogP contribution in [0.5, 0.6) is 5.75 Å². The first kappa shape index (κ1) is 17.6. The molecule has 1 rings (SSSR count). The number of amides is 2. The summed E-state index contributed by atoms with van der Waals surface area (Å²) in [5.74, 6) is -0.458. The minimum Gasteiger partial charge on any atom is -0.492 e. The molecule has 0 bridgehead atoms. The van der Waals surface area contributed by atoms with E-state index in [1.807, 2.05) is 0 Å². The second kappa shape index (κ2) is 7.00. The molecular formula is C14H18Cl2N2O3. The second-order valence-corrected chi connectivity index (χ2v) is 6.25. The lowest BCUT2D eigenvalue weighted by Gasteiger charge is -2.25. The van der Waals surface area contributed by atoms with Crippen LogP contribution in [0.3, 0.4) is 0 Å². The first-order valence-electron chi connectivity index (χ1n) is 6.31. The van der Waals surface area contributed by atoms with Crippen LogP contribution in [-0.4, -0.2) is 24.5 Å². The molecule has 0 aliphatic heterocycles. The number of hydrogen-bond donors (Lipinski definition) is 2. The quantitative estimate of drug-likeness (QED) is 0.839. The standard InChI is InChI=1S/C14H18Cl2N2O3/c1-8(12(17)19)18-13(20)14(2,3)7-21-11-5-9(15)4-10(16)6-11/h4-6,8H,7H2,1-3H3,(H2,17,19)(H,18,20)/t8-/m0/s1. The molecule has 116 valence electrons. The van der Waals surface area contributed by atoms with E-state index in [0.717, 1.165) is 0 Å². The van der Waals surface area contributed by atoms with Crippen molar-refractivity contribution < 1.29 is 14.3 Å². The highest BCUT2D eigenvalue weighted by Gasteiger charge is 2.30. The van der Waals surface area contributed by atoms with E-state index in [9.17, 15) is 9.59 Å². The molecule has 0 heterocycles. The number of hydrogen-bond acceptors (Lipinski definition) is 3. The van der Waals surface area contributed by atoms with Crippen LogP contribution in [0, 0.1) is 5.41 Å². The maximum atomic E-state index is 12.1. The number of halogens is 2. The van der Waals surface area contributed by atoms with Crippen LogP contribution in [0.1, 0.15) is 20.8 Å². The Hall–Kier alpha value is -1.46. The Bertz CT molecular complexity index is 527. The predicted octanol–water partition coefficient (Wildman–Crippen LogP) is 2.39. The minimum absolute atomic E-state index is 0.0982. The van der Waals surface area contributed by atoms with Crippen LogP contribution in [0.2, 0.25) is 10.0 Å². The van der Waals surface area contributed by atoms with Gasteiger partial charge in [-0.2, -0.15) is 0 Å². The lowest BCUT2D eigenvalue weighted by atomic mass is 9.93. The molecule has 0 aliphatic rings. The van der Waals surface area contributed by atoms with E-state index < -0.39 is 17.4 Å². The van der Waals surface area contributed by atoms with Crippen molar-refractivity contribution in [1.29, 1.82) is 0 Å². The van der Waals surface area contributed by atoms with Gasteiger partial charge in [-0.1, -0.05) is 23.2 Å². The van der Waals surface area contributed by atoms with Gasteiger partial charge in [0.1, 0.15) is 18.4 Å². The number of nitrogens with two attached hydrogens (primary N) is 1. The highest BCUT2D eigenvalue weighted by atomic mass is 35.5. The molecule has 0 unspecified atom stereocenters. The summed E-state index contributed by atoms with van der Waals surface area (Å²) in [6, 6.07) is 4.06. The van der Waals surface area contributed by atoms with Crippen LogP contribution in [0.25, 0.3) is 0 Å². The zero-order valence-corrected chi connectivity index (χ0v) is 13.6. The molecule has 0 aromatic heterocycles. The van der Waals surface area contributed by atoms with Crippen molar-refractivity contribution in [3.8, 4) is 5.75 Å². The molecule has 2 amide bonds. The number of nitrogens with one attached hydrogen (secondary N) is 1. The summed E-state index contributed by atoms with van der Waals surface area (Å²) in [5.41, 5.74) is 4.26. The van der Waals surface area contributed by atoms with Crippen molar-refractivity contribution in [3.05, 3.63) is 28.2 Å². The van der Waals surface area contributed by atoms with Crippen molar-refractivity contribution in [2.45, 2.75) is 26.8 Å². The first-order chi connectivity index (χ1) is 9.61. The lowest BCUT2D eigenvalue weighted by molar-refractivity contribution is -0.134. The van der Waals surface area contributed by atoms with Crippen molar-refractivity contribution in [2.75, 3.05) is 6.61 Å². The Morgan fingerprint density at radius 3 is 2.29 bits per heavy atom. The normalized spacial score (nSPS) is 12.6. The van der Waals surface area contributed by atoms with Gasteiger partial charge in [0.25, 0.3) is 0 Å². The number of benzene rings is 1. The Kier molecular flexibility index (Phi) is 5.87. The number of carbonyl (C=O) groups is 2. The molecular weight excluding hydrogens is 315 g/mol. The number of rotatable bonds is 6. The number of carbonyl (C=O) groups excluding carboxylic acids is 2. The van der Waals surface area contributed by atoms with Gasteiger partial charge >= 0.3 is 0 Å². The van der Waals surface area contributed by atoms with Crippen LogP contribution in [-0.2, 0) is 9.59 Å². The molecule has 1 atom stereocenters. The predicted molar refractivity (Wildman–Crippen MR) is 82.5 cm³/mol. The van der Waals surface area contributed by atoms with E-state index in [4.69, 9.17) is 33.7 Å². The van der Waals surface area contributed by atoms with Crippen molar-refractivity contribution in [1.82, 2.24) is 5.32 Å². The summed E-state index contributed by atoms with van der Waals surface area (Å²) >= 11 is 11.7. The van der Waals surface area contributed by atoms with Crippen molar-refractivity contribution >= 4 is 35.0 Å². The average molecular weight is 333 g/mol. The van der Waals surface area contributed by atoms with E-state index in [1.165, 1.54) is 6.92 Å². The van der Waals surface area contributed by atoms with Gasteiger partial charge in [0.2, 0.25) is 11.8 Å². The molecule has 0 saturated carbocycles. The molecule has 21 heavy (non-hydrogen) atoms. The molecule has 0 radical (unpaired) electrons. The summed E-state index contributed by atoms with van der Waals surface area (Å²) in [6.45, 7) is 5.01. The molecule has 5 nitrogen and oxygen atoms in total. The van der Waals surface area contributed by atoms with E-state index in [0.29, 0.717) is 15.8 Å². The maximum absolute atomic E-state index is 12.1. The maximum Gasteiger partial charge on any atom is 0.239 e. The Labute approximate surface area is 133 Å². The monoisotopic (exact) mass is 332 g/mol. The van der Waals surface area contributed by atoms with Gasteiger partial charge in [0, 0.05) is 10.0 Å². The topological polar surface area (TPSA) is 81.4 Å². The van der Waals surface area contributed by atoms with Gasteiger partial charge in [0.15, 0.2) is 0 Å². The Morgan fingerprint density at radius 1 is 1.29 bits per heavy atom. The molecule has 0 fully saturated rings. The van der Waals surface area contributed by atoms with Gasteiger partial charge in [-0.15, -0.1) is 0 Å². The molecule has 1 aromatic carbocycles. The molecule has 0 spiro atoms. The van der Waals surface area contributed by atoms with E-state index in [-0.39, 0.29) is 12.5 Å². The zero-order valence-electron chi connectivity index (χ0n) is 12.1. The fourth-order valence-corrected chi connectivity index (χ4v) is 1.91. The number of ether oxygens (including phenoxy) is 1. The Balaban J connectivity index is 2.67. The highest BCUT2D eigenvalue weighted by Crippen LogP contribution is 2.26. The largest absolute Gasteiger partial charge is 0.492 e. The smallest absolute Gasteiger partial charge is 0.239 e. The molecule has 3 N–H and O–H groups in total. The molecule has 0 aliphatic carbocycles. The van der Waals surface area contributed by atoms with Gasteiger partial charge in [0.05, 0.1) is 5.41 Å². The van der Waals surface area contributed by atoms with Crippen LogP contribution in [0.4, 0.5) is 0 Å². The summed E-state index contributed by atoms with van der Waals surface area (Å²) in [7, 11) is 0. The first-order valence-corrected chi connectivity index (χ1v) is 7.06. The Morgan fingerprint density at radius 2 is 1.81 bits per heavy atom. The molecule has 0 saturated heterocycles. The van der Waals surface area contributed by atoms with E-state index in [1.54, 1.807) is 32.0 Å². The zero-order chi connectivity index (χ0) is 16.2. The highest BCUT2D eigenvalue weighted by molar-refractivity contribution is 6.34. The number of primary amides is 1. The van der Waals surface area contributed by atoms with Gasteiger partial charge in [-0.25, -0.2) is 0 Å². The fourth-order valence-electron chi connectivity index (χ4n) is 1.40. The van der Waals surface area contributed by atoms with E-state index >= 15 is 0 Å². The minimum atomic E-state index is -0.849. The third-order valence-electron chi connectivity index (χ3n) is 2.82. The van der Waals surface area contributed by atoms with Gasteiger partial charge in [-0.05, 0) is 39.0 Å².